The molecule has 0 aromatic carbocycles. The molecule has 0 spiro atoms. The number of hydrogen-bond acceptors (Lipinski definition) is 3. The minimum atomic E-state index is -0.258. The van der Waals surface area contributed by atoms with Crippen molar-refractivity contribution in [2.45, 2.75) is 6.54 Å². The second-order valence-electron chi connectivity index (χ2n) is 2.99. The Labute approximate surface area is 77.4 Å². The lowest BCUT2D eigenvalue weighted by molar-refractivity contribution is 0.330. The zero-order valence-electron chi connectivity index (χ0n) is 7.70. The van der Waals surface area contributed by atoms with Crippen molar-refractivity contribution in [1.82, 2.24) is 9.88 Å². The van der Waals surface area contributed by atoms with Crippen molar-refractivity contribution in [1.29, 1.82) is 0 Å². The summed E-state index contributed by atoms with van der Waals surface area (Å²) in [4.78, 5) is 5.65. The van der Waals surface area contributed by atoms with Crippen LogP contribution in [-0.2, 0) is 6.54 Å². The highest BCUT2D eigenvalue weighted by Crippen LogP contribution is 2.06. The van der Waals surface area contributed by atoms with E-state index in [-0.39, 0.29) is 5.82 Å². The van der Waals surface area contributed by atoms with Crippen LogP contribution in [0.25, 0.3) is 0 Å². The van der Waals surface area contributed by atoms with Crippen LogP contribution < -0.4 is 5.73 Å². The number of nitrogens with two attached hydrogens (primary N) is 1. The summed E-state index contributed by atoms with van der Waals surface area (Å²) in [6.45, 7) is 1.93. The van der Waals surface area contributed by atoms with Crippen molar-refractivity contribution in [2.24, 2.45) is 5.73 Å². The number of aromatic nitrogens is 1. The van der Waals surface area contributed by atoms with Gasteiger partial charge in [-0.25, -0.2) is 4.39 Å². The maximum absolute atomic E-state index is 13.1. The van der Waals surface area contributed by atoms with Gasteiger partial charge in [0.1, 0.15) is 5.82 Å². The summed E-state index contributed by atoms with van der Waals surface area (Å²) >= 11 is 0. The Morgan fingerprint density at radius 1 is 1.62 bits per heavy atom. The van der Waals surface area contributed by atoms with E-state index in [1.807, 2.05) is 11.9 Å². The van der Waals surface area contributed by atoms with E-state index in [0.29, 0.717) is 18.7 Å². The molecule has 1 aromatic rings. The number of pyridine rings is 1. The molecule has 0 unspecified atom stereocenters. The van der Waals surface area contributed by atoms with Crippen molar-refractivity contribution in [2.75, 3.05) is 20.1 Å². The second-order valence-corrected chi connectivity index (χ2v) is 2.99. The van der Waals surface area contributed by atoms with Gasteiger partial charge in [0.2, 0.25) is 0 Å². The Morgan fingerprint density at radius 2 is 2.38 bits per heavy atom. The largest absolute Gasteiger partial charge is 0.329 e. The lowest BCUT2D eigenvalue weighted by Gasteiger charge is -2.15. The van der Waals surface area contributed by atoms with Crippen LogP contribution >= 0.6 is 0 Å². The van der Waals surface area contributed by atoms with Crippen LogP contribution in [0, 0.1) is 5.82 Å². The maximum Gasteiger partial charge on any atom is 0.145 e. The summed E-state index contributed by atoms with van der Waals surface area (Å²) in [7, 11) is 1.91. The van der Waals surface area contributed by atoms with Crippen LogP contribution in [0.4, 0.5) is 4.39 Å². The standard InChI is InChI=1S/C9H14FN3/c1-13(5-3-11)7-8-2-4-12-6-9(8)10/h2,4,6H,3,5,7,11H2,1H3. The molecule has 4 heteroatoms. The molecule has 0 fully saturated rings. The molecule has 2 N–H and O–H groups in total. The highest BCUT2D eigenvalue weighted by Gasteiger charge is 2.03. The highest BCUT2D eigenvalue weighted by molar-refractivity contribution is 5.11. The SMILES string of the molecule is CN(CCN)Cc1ccncc1F. The molecule has 0 saturated carbocycles. The van der Waals surface area contributed by atoms with E-state index in [4.69, 9.17) is 5.73 Å². The normalized spacial score (nSPS) is 10.8. The van der Waals surface area contributed by atoms with E-state index in [9.17, 15) is 4.39 Å². The number of hydrogen-bond donors (Lipinski definition) is 1. The van der Waals surface area contributed by atoms with Crippen LogP contribution in [0.15, 0.2) is 18.5 Å². The average Bonchev–Trinajstić information content (AvgIpc) is 2.09. The van der Waals surface area contributed by atoms with E-state index in [0.717, 1.165) is 6.54 Å². The molecule has 0 aliphatic carbocycles. The third-order valence-corrected chi connectivity index (χ3v) is 1.81. The van der Waals surface area contributed by atoms with E-state index in [2.05, 4.69) is 4.98 Å². The third kappa shape index (κ3) is 3.08. The van der Waals surface area contributed by atoms with Gasteiger partial charge in [-0.2, -0.15) is 0 Å². The Hall–Kier alpha value is -1.00. The molecular weight excluding hydrogens is 169 g/mol. The Morgan fingerprint density at radius 3 is 3.00 bits per heavy atom. The molecule has 0 saturated heterocycles. The summed E-state index contributed by atoms with van der Waals surface area (Å²) in [6.07, 6.45) is 2.82. The highest BCUT2D eigenvalue weighted by atomic mass is 19.1. The summed E-state index contributed by atoms with van der Waals surface area (Å²) in [5.74, 6) is -0.258. The molecule has 0 bridgehead atoms. The number of nitrogens with zero attached hydrogens (tertiary/aromatic N) is 2. The van der Waals surface area contributed by atoms with Crippen LogP contribution in [0.2, 0.25) is 0 Å². The summed E-state index contributed by atoms with van der Waals surface area (Å²) < 4.78 is 13.1. The molecular formula is C9H14FN3. The van der Waals surface area contributed by atoms with Gasteiger partial charge in [-0.15, -0.1) is 0 Å². The summed E-state index contributed by atoms with van der Waals surface area (Å²) in [5.41, 5.74) is 6.03. The molecule has 13 heavy (non-hydrogen) atoms. The first-order valence-electron chi connectivity index (χ1n) is 4.21. The van der Waals surface area contributed by atoms with Gasteiger partial charge in [-0.05, 0) is 13.1 Å². The van der Waals surface area contributed by atoms with Crippen LogP contribution in [0.3, 0.4) is 0 Å². The van der Waals surface area contributed by atoms with Gasteiger partial charge in [-0.3, -0.25) is 4.98 Å². The first-order valence-corrected chi connectivity index (χ1v) is 4.21. The van der Waals surface area contributed by atoms with Crippen LogP contribution in [-0.4, -0.2) is 30.0 Å². The van der Waals surface area contributed by atoms with Crippen molar-refractivity contribution >= 4 is 0 Å². The fourth-order valence-corrected chi connectivity index (χ4v) is 1.12. The van der Waals surface area contributed by atoms with E-state index in [1.165, 1.54) is 6.20 Å². The van der Waals surface area contributed by atoms with Crippen molar-refractivity contribution < 1.29 is 4.39 Å². The lowest BCUT2D eigenvalue weighted by atomic mass is 10.2. The van der Waals surface area contributed by atoms with Gasteiger partial charge in [0.25, 0.3) is 0 Å². The molecule has 1 heterocycles. The van der Waals surface area contributed by atoms with Crippen LogP contribution in [0.5, 0.6) is 0 Å². The first kappa shape index (κ1) is 10.1. The minimum Gasteiger partial charge on any atom is -0.329 e. The molecule has 0 amide bonds. The molecule has 72 valence electrons. The summed E-state index contributed by atoms with van der Waals surface area (Å²) in [6, 6.07) is 1.68. The molecule has 0 aliphatic heterocycles. The first-order chi connectivity index (χ1) is 6.24. The molecule has 0 radical (unpaired) electrons. The fraction of sp³-hybridized carbons (Fsp3) is 0.444. The zero-order chi connectivity index (χ0) is 9.68. The number of rotatable bonds is 4. The van der Waals surface area contributed by atoms with Gasteiger partial charge in [-0.1, -0.05) is 0 Å². The van der Waals surface area contributed by atoms with Gasteiger partial charge < -0.3 is 10.6 Å². The van der Waals surface area contributed by atoms with E-state index < -0.39 is 0 Å². The van der Waals surface area contributed by atoms with Gasteiger partial charge in [0.05, 0.1) is 6.20 Å². The average molecular weight is 183 g/mol. The third-order valence-electron chi connectivity index (χ3n) is 1.81. The predicted octanol–water partition coefficient (Wildman–Crippen LogP) is 0.611. The minimum absolute atomic E-state index is 0.258. The van der Waals surface area contributed by atoms with Gasteiger partial charge >= 0.3 is 0 Å². The monoisotopic (exact) mass is 183 g/mol. The quantitative estimate of drug-likeness (QED) is 0.743. The molecule has 0 aliphatic rings. The smallest absolute Gasteiger partial charge is 0.145 e. The molecule has 0 atom stereocenters. The number of halogens is 1. The van der Waals surface area contributed by atoms with E-state index in [1.54, 1.807) is 12.3 Å². The van der Waals surface area contributed by atoms with Gasteiger partial charge in [0.15, 0.2) is 0 Å². The Kier molecular flexibility index (Phi) is 3.79. The van der Waals surface area contributed by atoms with Crippen molar-refractivity contribution in [3.63, 3.8) is 0 Å². The van der Waals surface area contributed by atoms with Crippen molar-refractivity contribution in [3.8, 4) is 0 Å². The Bertz CT molecular complexity index is 265. The fourth-order valence-electron chi connectivity index (χ4n) is 1.12. The van der Waals surface area contributed by atoms with Gasteiger partial charge in [0, 0.05) is 31.4 Å². The maximum atomic E-state index is 13.1. The van der Waals surface area contributed by atoms with E-state index >= 15 is 0 Å². The topological polar surface area (TPSA) is 42.1 Å². The summed E-state index contributed by atoms with van der Waals surface area (Å²) in [5, 5.41) is 0. The van der Waals surface area contributed by atoms with Crippen molar-refractivity contribution in [3.05, 3.63) is 29.8 Å². The number of likely N-dealkylation sites (N-methyl/N-ethyl adjacent to an activating group) is 1. The Balaban J connectivity index is 2.58. The molecule has 1 aromatic heterocycles. The lowest BCUT2D eigenvalue weighted by Crippen LogP contribution is -2.25. The molecule has 3 nitrogen and oxygen atoms in total. The van der Waals surface area contributed by atoms with Crippen LogP contribution in [0.1, 0.15) is 5.56 Å². The molecule has 1 rings (SSSR count). The zero-order valence-corrected chi connectivity index (χ0v) is 7.70. The predicted molar refractivity (Wildman–Crippen MR) is 49.6 cm³/mol. The second kappa shape index (κ2) is 4.89.